The molecule has 0 bridgehead atoms. The SMILES string of the molecule is OCC#Cc1ccc(CN2CCOCC2CO)cc1. The van der Waals surface area contributed by atoms with E-state index in [9.17, 15) is 5.11 Å². The third kappa shape index (κ3) is 4.05. The van der Waals surface area contributed by atoms with E-state index in [4.69, 9.17) is 9.84 Å². The van der Waals surface area contributed by atoms with Gasteiger partial charge in [0.05, 0.1) is 25.9 Å². The zero-order valence-electron chi connectivity index (χ0n) is 10.9. The van der Waals surface area contributed by atoms with E-state index in [1.165, 1.54) is 5.56 Å². The van der Waals surface area contributed by atoms with Gasteiger partial charge in [0.2, 0.25) is 0 Å². The lowest BCUT2D eigenvalue weighted by atomic mass is 10.1. The van der Waals surface area contributed by atoms with Crippen LogP contribution in [0.3, 0.4) is 0 Å². The molecule has 0 radical (unpaired) electrons. The molecule has 1 heterocycles. The molecule has 0 spiro atoms. The molecule has 1 aliphatic rings. The minimum Gasteiger partial charge on any atom is -0.395 e. The molecule has 2 N–H and O–H groups in total. The number of hydrogen-bond acceptors (Lipinski definition) is 4. The average Bonchev–Trinajstić information content (AvgIpc) is 2.47. The Kier molecular flexibility index (Phi) is 5.37. The van der Waals surface area contributed by atoms with E-state index < -0.39 is 0 Å². The second-order valence-electron chi connectivity index (χ2n) is 4.54. The summed E-state index contributed by atoms with van der Waals surface area (Å²) in [5.41, 5.74) is 2.09. The number of ether oxygens (including phenoxy) is 1. The number of benzene rings is 1. The van der Waals surface area contributed by atoms with Crippen molar-refractivity contribution in [1.29, 1.82) is 0 Å². The highest BCUT2D eigenvalue weighted by Crippen LogP contribution is 2.12. The van der Waals surface area contributed by atoms with Crippen LogP contribution < -0.4 is 0 Å². The maximum Gasteiger partial charge on any atom is 0.104 e. The molecule has 1 aromatic rings. The lowest BCUT2D eigenvalue weighted by Gasteiger charge is -2.34. The highest BCUT2D eigenvalue weighted by Gasteiger charge is 2.21. The van der Waals surface area contributed by atoms with Crippen molar-refractivity contribution in [1.82, 2.24) is 4.90 Å². The summed E-state index contributed by atoms with van der Waals surface area (Å²) in [6.07, 6.45) is 0. The fraction of sp³-hybridized carbons (Fsp3) is 0.467. The fourth-order valence-corrected chi connectivity index (χ4v) is 2.14. The van der Waals surface area contributed by atoms with E-state index in [1.54, 1.807) is 0 Å². The molecule has 1 saturated heterocycles. The van der Waals surface area contributed by atoms with Gasteiger partial charge in [0.25, 0.3) is 0 Å². The molecule has 2 rings (SSSR count). The molecule has 102 valence electrons. The van der Waals surface area contributed by atoms with Crippen LogP contribution in [0.4, 0.5) is 0 Å². The highest BCUT2D eigenvalue weighted by molar-refractivity contribution is 5.36. The van der Waals surface area contributed by atoms with Crippen molar-refractivity contribution in [3.8, 4) is 11.8 Å². The minimum absolute atomic E-state index is 0.0857. The molecule has 1 aromatic carbocycles. The van der Waals surface area contributed by atoms with Gasteiger partial charge in [-0.1, -0.05) is 24.0 Å². The summed E-state index contributed by atoms with van der Waals surface area (Å²) in [5.74, 6) is 5.50. The average molecular weight is 261 g/mol. The summed E-state index contributed by atoms with van der Waals surface area (Å²) in [5, 5.41) is 18.0. The Morgan fingerprint density at radius 3 is 2.74 bits per heavy atom. The summed E-state index contributed by atoms with van der Waals surface area (Å²) in [6, 6.07) is 8.05. The van der Waals surface area contributed by atoms with Crippen LogP contribution in [0.25, 0.3) is 0 Å². The van der Waals surface area contributed by atoms with E-state index in [0.29, 0.717) is 6.61 Å². The lowest BCUT2D eigenvalue weighted by Crippen LogP contribution is -2.46. The summed E-state index contributed by atoms with van der Waals surface area (Å²) in [7, 11) is 0. The van der Waals surface area contributed by atoms with Crippen LogP contribution in [0.1, 0.15) is 11.1 Å². The number of aliphatic hydroxyl groups is 2. The van der Waals surface area contributed by atoms with Crippen LogP contribution in [0.15, 0.2) is 24.3 Å². The molecule has 4 nitrogen and oxygen atoms in total. The van der Waals surface area contributed by atoms with Crippen molar-refractivity contribution in [3.05, 3.63) is 35.4 Å². The van der Waals surface area contributed by atoms with Gasteiger partial charge in [-0.15, -0.1) is 0 Å². The van der Waals surface area contributed by atoms with Gasteiger partial charge in [-0.2, -0.15) is 0 Å². The molecular weight excluding hydrogens is 242 g/mol. The second kappa shape index (κ2) is 7.27. The number of aliphatic hydroxyl groups excluding tert-OH is 2. The molecule has 19 heavy (non-hydrogen) atoms. The second-order valence-corrected chi connectivity index (χ2v) is 4.54. The number of hydrogen-bond donors (Lipinski definition) is 2. The van der Waals surface area contributed by atoms with Gasteiger partial charge in [-0.25, -0.2) is 0 Å². The molecule has 4 heteroatoms. The molecule has 0 aromatic heterocycles. The Bertz CT molecular complexity index is 447. The first-order chi connectivity index (χ1) is 9.33. The Morgan fingerprint density at radius 2 is 2.05 bits per heavy atom. The Labute approximate surface area is 113 Å². The maximum absolute atomic E-state index is 9.32. The first kappa shape index (κ1) is 14.0. The van der Waals surface area contributed by atoms with E-state index in [-0.39, 0.29) is 19.3 Å². The van der Waals surface area contributed by atoms with Crippen molar-refractivity contribution in [2.24, 2.45) is 0 Å². The Morgan fingerprint density at radius 1 is 1.26 bits per heavy atom. The van der Waals surface area contributed by atoms with Crippen LogP contribution in [0, 0.1) is 11.8 Å². The van der Waals surface area contributed by atoms with Crippen LogP contribution >= 0.6 is 0 Å². The number of morpholine rings is 1. The fourth-order valence-electron chi connectivity index (χ4n) is 2.14. The Hall–Kier alpha value is -1.38. The van der Waals surface area contributed by atoms with Crippen LogP contribution in [0.5, 0.6) is 0 Å². The van der Waals surface area contributed by atoms with Gasteiger partial charge in [0, 0.05) is 18.7 Å². The Balaban J connectivity index is 1.98. The molecule has 1 aliphatic heterocycles. The van der Waals surface area contributed by atoms with Gasteiger partial charge >= 0.3 is 0 Å². The van der Waals surface area contributed by atoms with Gasteiger partial charge in [0.1, 0.15) is 6.61 Å². The molecule has 1 fully saturated rings. The topological polar surface area (TPSA) is 52.9 Å². The van der Waals surface area contributed by atoms with Crippen LogP contribution in [0.2, 0.25) is 0 Å². The highest BCUT2D eigenvalue weighted by atomic mass is 16.5. The smallest absolute Gasteiger partial charge is 0.104 e. The van der Waals surface area contributed by atoms with Crippen molar-refractivity contribution in [2.75, 3.05) is 33.0 Å². The normalized spacial score (nSPS) is 19.8. The van der Waals surface area contributed by atoms with Gasteiger partial charge in [-0.05, 0) is 17.7 Å². The van der Waals surface area contributed by atoms with E-state index in [0.717, 1.165) is 25.3 Å². The molecule has 0 aliphatic carbocycles. The van der Waals surface area contributed by atoms with Crippen LogP contribution in [-0.4, -0.2) is 54.1 Å². The molecule has 0 saturated carbocycles. The van der Waals surface area contributed by atoms with E-state index in [2.05, 4.69) is 16.7 Å². The van der Waals surface area contributed by atoms with E-state index in [1.807, 2.05) is 24.3 Å². The van der Waals surface area contributed by atoms with Crippen molar-refractivity contribution >= 4 is 0 Å². The third-order valence-corrected chi connectivity index (χ3v) is 3.21. The molecular formula is C15H19NO3. The first-order valence-corrected chi connectivity index (χ1v) is 6.45. The zero-order chi connectivity index (χ0) is 13.5. The maximum atomic E-state index is 9.32. The monoisotopic (exact) mass is 261 g/mol. The predicted octanol–water partition coefficient (Wildman–Crippen LogP) is 0.223. The van der Waals surface area contributed by atoms with E-state index >= 15 is 0 Å². The lowest BCUT2D eigenvalue weighted by molar-refractivity contribution is -0.0312. The zero-order valence-corrected chi connectivity index (χ0v) is 10.9. The largest absolute Gasteiger partial charge is 0.395 e. The summed E-state index contributed by atoms with van der Waals surface area (Å²) in [4.78, 5) is 2.23. The van der Waals surface area contributed by atoms with Crippen molar-refractivity contribution in [2.45, 2.75) is 12.6 Å². The summed E-state index contributed by atoms with van der Waals surface area (Å²) in [6.45, 7) is 2.97. The minimum atomic E-state index is -0.117. The van der Waals surface area contributed by atoms with Gasteiger partial charge in [0.15, 0.2) is 0 Å². The van der Waals surface area contributed by atoms with Gasteiger partial charge in [-0.3, -0.25) is 4.90 Å². The standard InChI is InChI=1S/C15H19NO3/c17-8-1-2-13-3-5-14(6-4-13)10-16-7-9-19-12-15(16)11-18/h3-6,15,17-18H,7-12H2. The molecule has 1 atom stereocenters. The van der Waals surface area contributed by atoms with Crippen molar-refractivity contribution < 1.29 is 14.9 Å². The first-order valence-electron chi connectivity index (χ1n) is 6.45. The van der Waals surface area contributed by atoms with Crippen LogP contribution in [-0.2, 0) is 11.3 Å². The van der Waals surface area contributed by atoms with Crippen molar-refractivity contribution in [3.63, 3.8) is 0 Å². The summed E-state index contributed by atoms with van der Waals surface area (Å²) >= 11 is 0. The number of rotatable bonds is 3. The molecule has 1 unspecified atom stereocenters. The van der Waals surface area contributed by atoms with Gasteiger partial charge < -0.3 is 14.9 Å². The predicted molar refractivity (Wildman–Crippen MR) is 72.5 cm³/mol. The molecule has 0 amide bonds. The number of nitrogens with zero attached hydrogens (tertiary/aromatic N) is 1. The third-order valence-electron chi connectivity index (χ3n) is 3.21. The summed E-state index contributed by atoms with van der Waals surface area (Å²) < 4.78 is 5.36. The quantitative estimate of drug-likeness (QED) is 0.765.